The Morgan fingerprint density at radius 2 is 1.70 bits per heavy atom. The van der Waals surface area contributed by atoms with Gasteiger partial charge in [-0.25, -0.2) is 13.1 Å². The summed E-state index contributed by atoms with van der Waals surface area (Å²) in [5.74, 6) is 0.513. The predicted molar refractivity (Wildman–Crippen MR) is 112 cm³/mol. The van der Waals surface area contributed by atoms with E-state index in [1.165, 1.54) is 20.3 Å². The highest BCUT2D eigenvalue weighted by Gasteiger charge is 2.26. The van der Waals surface area contributed by atoms with Gasteiger partial charge < -0.3 is 19.3 Å². The second-order valence-electron chi connectivity index (χ2n) is 6.50. The summed E-state index contributed by atoms with van der Waals surface area (Å²) in [6.07, 6.45) is 0. The summed E-state index contributed by atoms with van der Waals surface area (Å²) in [4.78, 5) is 28.4. The minimum atomic E-state index is -3.69. The monoisotopic (exact) mass is 453 g/mol. The lowest BCUT2D eigenvalue weighted by Gasteiger charge is -2.35. The molecule has 0 radical (unpaired) electrons. The number of benzene rings is 1. The average Bonchev–Trinajstić information content (AvgIpc) is 3.32. The fourth-order valence-corrected chi connectivity index (χ4v) is 5.08. The molecular weight excluding hydrogens is 430 g/mol. The van der Waals surface area contributed by atoms with Crippen molar-refractivity contribution < 1.29 is 27.5 Å². The summed E-state index contributed by atoms with van der Waals surface area (Å²) in [5.41, 5.74) is 0.469. The Bertz CT molecular complexity index is 999. The van der Waals surface area contributed by atoms with E-state index in [4.69, 9.17) is 9.47 Å². The Morgan fingerprint density at radius 3 is 2.30 bits per heavy atom. The summed E-state index contributed by atoms with van der Waals surface area (Å²) < 4.78 is 37.2. The van der Waals surface area contributed by atoms with Crippen LogP contribution in [0.4, 0.5) is 0 Å². The lowest BCUT2D eigenvalue weighted by molar-refractivity contribution is -0.131. The Labute approximate surface area is 179 Å². The number of nitrogens with zero attached hydrogens (tertiary/aromatic N) is 2. The van der Waals surface area contributed by atoms with Crippen molar-refractivity contribution in [1.29, 1.82) is 0 Å². The van der Waals surface area contributed by atoms with Gasteiger partial charge in [-0.15, -0.1) is 11.3 Å². The number of methoxy groups -OCH3 is 2. The quantitative estimate of drug-likeness (QED) is 0.671. The van der Waals surface area contributed by atoms with E-state index in [1.54, 1.807) is 39.4 Å². The molecule has 1 aromatic heterocycles. The van der Waals surface area contributed by atoms with Crippen molar-refractivity contribution in [3.63, 3.8) is 0 Å². The molecule has 0 unspecified atom stereocenters. The first kappa shape index (κ1) is 22.1. The van der Waals surface area contributed by atoms with Crippen molar-refractivity contribution in [3.05, 3.63) is 41.3 Å². The SMILES string of the molecule is COc1ccc(C(=O)N2CCN(C(=O)CNS(=O)(=O)c3cccs3)CC2)cc1OC. The molecule has 1 aliphatic rings. The molecule has 1 saturated heterocycles. The molecule has 0 atom stereocenters. The van der Waals surface area contributed by atoms with Crippen molar-refractivity contribution in [2.45, 2.75) is 4.21 Å². The van der Waals surface area contributed by atoms with Crippen LogP contribution in [0.15, 0.2) is 39.9 Å². The maximum Gasteiger partial charge on any atom is 0.254 e. The molecule has 1 aliphatic heterocycles. The maximum absolute atomic E-state index is 12.8. The van der Waals surface area contributed by atoms with Gasteiger partial charge in [0.1, 0.15) is 4.21 Å². The highest BCUT2D eigenvalue weighted by atomic mass is 32.2. The van der Waals surface area contributed by atoms with Gasteiger partial charge in [0, 0.05) is 31.7 Å². The van der Waals surface area contributed by atoms with Crippen LogP contribution in [0.3, 0.4) is 0 Å². The number of amides is 2. The predicted octanol–water partition coefficient (Wildman–Crippen LogP) is 1.03. The number of rotatable bonds is 7. The maximum atomic E-state index is 12.8. The van der Waals surface area contributed by atoms with E-state index in [0.29, 0.717) is 43.2 Å². The third kappa shape index (κ3) is 4.91. The first-order valence-electron chi connectivity index (χ1n) is 9.18. The standard InChI is InChI=1S/C19H23N3O6S2/c1-27-15-6-5-14(12-16(15)28-2)19(24)22-9-7-21(8-10-22)17(23)13-20-30(25,26)18-4-3-11-29-18/h3-6,11-12,20H,7-10,13H2,1-2H3. The zero-order chi connectivity index (χ0) is 21.7. The summed E-state index contributed by atoms with van der Waals surface area (Å²) in [5, 5.41) is 1.66. The van der Waals surface area contributed by atoms with E-state index < -0.39 is 10.0 Å². The molecule has 30 heavy (non-hydrogen) atoms. The molecule has 0 aliphatic carbocycles. The Balaban J connectivity index is 1.54. The van der Waals surface area contributed by atoms with E-state index in [2.05, 4.69) is 4.72 Å². The van der Waals surface area contributed by atoms with Gasteiger partial charge in [0.2, 0.25) is 5.91 Å². The van der Waals surface area contributed by atoms with E-state index >= 15 is 0 Å². The van der Waals surface area contributed by atoms with Gasteiger partial charge in [-0.05, 0) is 29.6 Å². The number of carbonyl (C=O) groups excluding carboxylic acids is 2. The molecule has 3 rings (SSSR count). The van der Waals surface area contributed by atoms with Crippen LogP contribution in [0.2, 0.25) is 0 Å². The molecule has 11 heteroatoms. The minimum Gasteiger partial charge on any atom is -0.493 e. The molecule has 1 aromatic carbocycles. The van der Waals surface area contributed by atoms with Crippen LogP contribution in [-0.4, -0.2) is 77.0 Å². The molecule has 9 nitrogen and oxygen atoms in total. The van der Waals surface area contributed by atoms with Crippen LogP contribution in [0.5, 0.6) is 11.5 Å². The van der Waals surface area contributed by atoms with Crippen LogP contribution in [0.1, 0.15) is 10.4 Å². The van der Waals surface area contributed by atoms with Gasteiger partial charge in [0.25, 0.3) is 15.9 Å². The lowest BCUT2D eigenvalue weighted by atomic mass is 10.1. The van der Waals surface area contributed by atoms with Crippen LogP contribution in [0.25, 0.3) is 0 Å². The third-order valence-electron chi connectivity index (χ3n) is 4.72. The summed E-state index contributed by atoms with van der Waals surface area (Å²) >= 11 is 1.09. The second kappa shape index (κ2) is 9.45. The van der Waals surface area contributed by atoms with E-state index in [1.807, 2.05) is 0 Å². The van der Waals surface area contributed by atoms with Crippen LogP contribution >= 0.6 is 11.3 Å². The molecule has 2 amide bonds. The number of nitrogens with one attached hydrogen (secondary N) is 1. The normalized spacial score (nSPS) is 14.5. The number of hydrogen-bond donors (Lipinski definition) is 1. The van der Waals surface area contributed by atoms with Crippen molar-refractivity contribution >= 4 is 33.2 Å². The van der Waals surface area contributed by atoms with Gasteiger partial charge in [-0.3, -0.25) is 9.59 Å². The summed E-state index contributed by atoms with van der Waals surface area (Å²) in [6.45, 7) is 1.06. The number of ether oxygens (including phenoxy) is 2. The average molecular weight is 454 g/mol. The molecule has 0 spiro atoms. The van der Waals surface area contributed by atoms with E-state index in [0.717, 1.165) is 11.3 Å². The first-order chi connectivity index (χ1) is 14.4. The molecule has 1 N–H and O–H groups in total. The topological polar surface area (TPSA) is 105 Å². The van der Waals surface area contributed by atoms with Crippen molar-refractivity contribution in [1.82, 2.24) is 14.5 Å². The van der Waals surface area contributed by atoms with E-state index in [9.17, 15) is 18.0 Å². The molecule has 0 saturated carbocycles. The Morgan fingerprint density at radius 1 is 1.03 bits per heavy atom. The Hall–Kier alpha value is -2.63. The third-order valence-corrected chi connectivity index (χ3v) is 7.52. The van der Waals surface area contributed by atoms with Crippen LogP contribution < -0.4 is 14.2 Å². The largest absolute Gasteiger partial charge is 0.493 e. The highest BCUT2D eigenvalue weighted by molar-refractivity contribution is 7.91. The first-order valence-corrected chi connectivity index (χ1v) is 11.5. The number of thiophene rings is 1. The van der Waals surface area contributed by atoms with Gasteiger partial charge in [0.15, 0.2) is 11.5 Å². The minimum absolute atomic E-state index is 0.165. The van der Waals surface area contributed by atoms with Gasteiger partial charge in [-0.1, -0.05) is 6.07 Å². The zero-order valence-corrected chi connectivity index (χ0v) is 18.3. The smallest absolute Gasteiger partial charge is 0.254 e. The van der Waals surface area contributed by atoms with Crippen molar-refractivity contribution in [2.75, 3.05) is 46.9 Å². The van der Waals surface area contributed by atoms with Crippen molar-refractivity contribution in [3.8, 4) is 11.5 Å². The van der Waals surface area contributed by atoms with E-state index in [-0.39, 0.29) is 22.6 Å². The molecule has 0 bridgehead atoms. The lowest BCUT2D eigenvalue weighted by Crippen LogP contribution is -2.52. The number of sulfonamides is 1. The molecular formula is C19H23N3O6S2. The fourth-order valence-electron chi connectivity index (χ4n) is 3.07. The van der Waals surface area contributed by atoms with Gasteiger partial charge >= 0.3 is 0 Å². The summed E-state index contributed by atoms with van der Waals surface area (Å²) in [7, 11) is -0.662. The van der Waals surface area contributed by atoms with Gasteiger partial charge in [0.05, 0.1) is 20.8 Å². The van der Waals surface area contributed by atoms with Crippen molar-refractivity contribution in [2.24, 2.45) is 0 Å². The zero-order valence-electron chi connectivity index (χ0n) is 16.7. The Kier molecular flexibility index (Phi) is 6.95. The number of piperazine rings is 1. The second-order valence-corrected chi connectivity index (χ2v) is 9.44. The highest BCUT2D eigenvalue weighted by Crippen LogP contribution is 2.28. The molecule has 162 valence electrons. The molecule has 2 heterocycles. The number of hydrogen-bond acceptors (Lipinski definition) is 7. The fraction of sp³-hybridized carbons (Fsp3) is 0.368. The van der Waals surface area contributed by atoms with Gasteiger partial charge in [-0.2, -0.15) is 0 Å². The molecule has 1 fully saturated rings. The van der Waals surface area contributed by atoms with Crippen LogP contribution in [-0.2, 0) is 14.8 Å². The molecule has 2 aromatic rings. The number of carbonyl (C=O) groups is 2. The summed E-state index contributed by atoms with van der Waals surface area (Å²) in [6, 6.07) is 8.08. The van der Waals surface area contributed by atoms with Crippen LogP contribution in [0, 0.1) is 0 Å².